The van der Waals surface area contributed by atoms with Crippen LogP contribution in [0.15, 0.2) is 59.1 Å². The predicted octanol–water partition coefficient (Wildman–Crippen LogP) is 4.36. The van der Waals surface area contributed by atoms with Crippen molar-refractivity contribution in [1.82, 2.24) is 14.8 Å². The molecule has 0 bridgehead atoms. The second-order valence-electron chi connectivity index (χ2n) is 7.97. The largest absolute Gasteiger partial charge is 0.339 e. The number of pyridine rings is 1. The molecule has 1 aliphatic heterocycles. The van der Waals surface area contributed by atoms with Crippen molar-refractivity contribution in [2.24, 2.45) is 5.92 Å². The minimum atomic E-state index is 0.00312. The van der Waals surface area contributed by atoms with Crippen LogP contribution in [0.2, 0.25) is 0 Å². The van der Waals surface area contributed by atoms with Gasteiger partial charge in [0.05, 0.1) is 16.8 Å². The molecule has 30 heavy (non-hydrogen) atoms. The molecule has 1 aromatic heterocycles. The molecule has 2 amide bonds. The number of nitrogens with zero attached hydrogens (tertiary/aromatic N) is 3. The number of hydrogen-bond acceptors (Lipinski definition) is 3. The molecule has 2 aromatic carbocycles. The standard InChI is InChI=1S/C24H22BrN3O2/c25-18-5-3-4-17(14-18)22-15-20(19-6-1-2-7-21(19)26-22)24(30)28-12-10-27(11-13-28)23(29)16-8-9-16/h1-7,14-16H,8-13H2. The van der Waals surface area contributed by atoms with E-state index in [-0.39, 0.29) is 17.7 Å². The average molecular weight is 464 g/mol. The van der Waals surface area contributed by atoms with E-state index in [4.69, 9.17) is 4.98 Å². The van der Waals surface area contributed by atoms with Crippen molar-refractivity contribution < 1.29 is 9.59 Å². The third kappa shape index (κ3) is 3.72. The van der Waals surface area contributed by atoms with Gasteiger partial charge in [0, 0.05) is 47.5 Å². The summed E-state index contributed by atoms with van der Waals surface area (Å²) in [5, 5.41) is 0.859. The van der Waals surface area contributed by atoms with Gasteiger partial charge < -0.3 is 9.80 Å². The quantitative estimate of drug-likeness (QED) is 0.579. The number of hydrogen-bond donors (Lipinski definition) is 0. The predicted molar refractivity (Wildman–Crippen MR) is 120 cm³/mol. The molecule has 2 heterocycles. The molecule has 5 nitrogen and oxygen atoms in total. The molecule has 3 aromatic rings. The summed E-state index contributed by atoms with van der Waals surface area (Å²) in [5.74, 6) is 0.487. The second-order valence-corrected chi connectivity index (χ2v) is 8.89. The van der Waals surface area contributed by atoms with Gasteiger partial charge in [0.15, 0.2) is 0 Å². The molecule has 1 aliphatic carbocycles. The van der Waals surface area contributed by atoms with Crippen molar-refractivity contribution in [3.8, 4) is 11.3 Å². The number of carbonyl (C=O) groups is 2. The zero-order chi connectivity index (χ0) is 20.7. The smallest absolute Gasteiger partial charge is 0.254 e. The van der Waals surface area contributed by atoms with Gasteiger partial charge in [-0.15, -0.1) is 0 Å². The summed E-state index contributed by atoms with van der Waals surface area (Å²) < 4.78 is 0.972. The fourth-order valence-corrected chi connectivity index (χ4v) is 4.44. The Morgan fingerprint density at radius 1 is 0.900 bits per heavy atom. The lowest BCUT2D eigenvalue weighted by molar-refractivity contribution is -0.134. The van der Waals surface area contributed by atoms with Gasteiger partial charge in [-0.05, 0) is 37.1 Å². The Morgan fingerprint density at radius 2 is 1.63 bits per heavy atom. The molecule has 2 fully saturated rings. The highest BCUT2D eigenvalue weighted by atomic mass is 79.9. The van der Waals surface area contributed by atoms with Crippen molar-refractivity contribution in [2.75, 3.05) is 26.2 Å². The van der Waals surface area contributed by atoms with Crippen LogP contribution in [0.1, 0.15) is 23.2 Å². The molecule has 5 rings (SSSR count). The second kappa shape index (κ2) is 7.84. The number of benzene rings is 2. The van der Waals surface area contributed by atoms with Crippen LogP contribution in [0.3, 0.4) is 0 Å². The van der Waals surface area contributed by atoms with E-state index in [1.54, 1.807) is 0 Å². The van der Waals surface area contributed by atoms with Crippen molar-refractivity contribution in [3.63, 3.8) is 0 Å². The third-order valence-electron chi connectivity index (χ3n) is 5.87. The van der Waals surface area contributed by atoms with Crippen LogP contribution in [-0.2, 0) is 4.79 Å². The summed E-state index contributed by atoms with van der Waals surface area (Å²) in [7, 11) is 0. The fraction of sp³-hybridized carbons (Fsp3) is 0.292. The fourth-order valence-electron chi connectivity index (χ4n) is 4.04. The molecule has 1 saturated carbocycles. The number of halogens is 1. The number of aromatic nitrogens is 1. The zero-order valence-electron chi connectivity index (χ0n) is 16.6. The van der Waals surface area contributed by atoms with Gasteiger partial charge in [-0.2, -0.15) is 0 Å². The first-order valence-corrected chi connectivity index (χ1v) is 11.1. The number of carbonyl (C=O) groups excluding carboxylic acids is 2. The lowest BCUT2D eigenvalue weighted by Gasteiger charge is -2.35. The van der Waals surface area contributed by atoms with Gasteiger partial charge in [0.25, 0.3) is 5.91 Å². The SMILES string of the molecule is O=C(c1cc(-c2cccc(Br)c2)nc2ccccc12)N1CCN(C(=O)C2CC2)CC1. The Labute approximate surface area is 183 Å². The van der Waals surface area contributed by atoms with E-state index in [1.165, 1.54) is 0 Å². The van der Waals surface area contributed by atoms with E-state index < -0.39 is 0 Å². The molecule has 0 N–H and O–H groups in total. The summed E-state index contributed by atoms with van der Waals surface area (Å²) in [4.78, 5) is 34.4. The Hall–Kier alpha value is -2.73. The molecule has 6 heteroatoms. The van der Waals surface area contributed by atoms with Crippen LogP contribution in [-0.4, -0.2) is 52.8 Å². The highest BCUT2D eigenvalue weighted by molar-refractivity contribution is 9.10. The topological polar surface area (TPSA) is 53.5 Å². The molecule has 1 saturated heterocycles. The first kappa shape index (κ1) is 19.2. The van der Waals surface area contributed by atoms with Gasteiger partial charge in [-0.1, -0.05) is 46.3 Å². The summed E-state index contributed by atoms with van der Waals surface area (Å²) >= 11 is 3.52. The molecule has 152 valence electrons. The van der Waals surface area contributed by atoms with Gasteiger partial charge in [-0.3, -0.25) is 9.59 Å². The third-order valence-corrected chi connectivity index (χ3v) is 6.37. The lowest BCUT2D eigenvalue weighted by atomic mass is 10.0. The Bertz CT molecular complexity index is 1130. The van der Waals surface area contributed by atoms with Crippen LogP contribution >= 0.6 is 15.9 Å². The number of para-hydroxylation sites is 1. The van der Waals surface area contributed by atoms with Gasteiger partial charge in [0.1, 0.15) is 0 Å². The maximum atomic E-state index is 13.5. The summed E-state index contributed by atoms with van der Waals surface area (Å²) in [6.07, 6.45) is 2.03. The minimum absolute atomic E-state index is 0.00312. The molecular formula is C24H22BrN3O2. The normalized spacial score (nSPS) is 16.7. The van der Waals surface area contributed by atoms with Crippen LogP contribution in [0.5, 0.6) is 0 Å². The summed E-state index contributed by atoms with van der Waals surface area (Å²) in [6, 6.07) is 17.6. The van der Waals surface area contributed by atoms with Gasteiger partial charge >= 0.3 is 0 Å². The average Bonchev–Trinajstić information content (AvgIpc) is 3.63. The Kier molecular flexibility index (Phi) is 5.03. The van der Waals surface area contributed by atoms with E-state index in [2.05, 4.69) is 15.9 Å². The van der Waals surface area contributed by atoms with Crippen molar-refractivity contribution in [1.29, 1.82) is 0 Å². The minimum Gasteiger partial charge on any atom is -0.339 e. The highest BCUT2D eigenvalue weighted by Crippen LogP contribution is 2.32. The van der Waals surface area contributed by atoms with Crippen LogP contribution in [0, 0.1) is 5.92 Å². The Morgan fingerprint density at radius 3 is 2.37 bits per heavy atom. The summed E-state index contributed by atoms with van der Waals surface area (Å²) in [5.41, 5.74) is 3.21. The van der Waals surface area contributed by atoms with Crippen LogP contribution in [0.4, 0.5) is 0 Å². The number of rotatable bonds is 3. The monoisotopic (exact) mass is 463 g/mol. The molecule has 2 aliphatic rings. The van der Waals surface area contributed by atoms with Crippen molar-refractivity contribution >= 4 is 38.6 Å². The van der Waals surface area contributed by atoms with Crippen molar-refractivity contribution in [3.05, 3.63) is 64.6 Å². The molecule has 0 atom stereocenters. The number of amides is 2. The first-order chi connectivity index (χ1) is 14.6. The molecular weight excluding hydrogens is 442 g/mol. The highest BCUT2D eigenvalue weighted by Gasteiger charge is 2.35. The number of fused-ring (bicyclic) bond motifs is 1. The molecule has 0 radical (unpaired) electrons. The zero-order valence-corrected chi connectivity index (χ0v) is 18.1. The van der Waals surface area contributed by atoms with E-state index in [9.17, 15) is 9.59 Å². The maximum absolute atomic E-state index is 13.5. The van der Waals surface area contributed by atoms with E-state index in [0.29, 0.717) is 31.7 Å². The molecule has 0 unspecified atom stereocenters. The van der Waals surface area contributed by atoms with Crippen LogP contribution < -0.4 is 0 Å². The molecule has 0 spiro atoms. The number of piperazine rings is 1. The van der Waals surface area contributed by atoms with Gasteiger partial charge in [0.2, 0.25) is 5.91 Å². The lowest BCUT2D eigenvalue weighted by Crippen LogP contribution is -2.51. The van der Waals surface area contributed by atoms with Gasteiger partial charge in [-0.25, -0.2) is 4.98 Å². The van der Waals surface area contributed by atoms with Crippen LogP contribution in [0.25, 0.3) is 22.2 Å². The van der Waals surface area contributed by atoms with Crippen molar-refractivity contribution in [2.45, 2.75) is 12.8 Å². The van der Waals surface area contributed by atoms with E-state index in [0.717, 1.165) is 39.5 Å². The van der Waals surface area contributed by atoms with E-state index >= 15 is 0 Å². The Balaban J connectivity index is 1.45. The first-order valence-electron chi connectivity index (χ1n) is 10.3. The maximum Gasteiger partial charge on any atom is 0.254 e. The summed E-state index contributed by atoms with van der Waals surface area (Å²) in [6.45, 7) is 2.37. The van der Waals surface area contributed by atoms with E-state index in [1.807, 2.05) is 64.4 Å².